The third kappa shape index (κ3) is 6.09. The van der Waals surface area contributed by atoms with Gasteiger partial charge in [0.25, 0.3) is 11.8 Å². The molecule has 1 aromatic heterocycles. The maximum Gasteiger partial charge on any atom is 0.325 e. The second kappa shape index (κ2) is 12.2. The number of hydrogen-bond donors (Lipinski definition) is 3. The third-order valence-electron chi connectivity index (χ3n) is 5.79. The number of rotatable bonds is 10. The summed E-state index contributed by atoms with van der Waals surface area (Å²) in [5.74, 6) is -2.29. The molecule has 3 rings (SSSR count). The van der Waals surface area contributed by atoms with Gasteiger partial charge in [0.05, 0.1) is 19.4 Å². The standard InChI is InChI=1S/C26H29N5O6S/c1-5-37-19(32)13-29-25(34)22(16-7-10-18(36-4)11-8-16)31(17-9-6-14(2)15(3)12-17)26(35)23-20(27)21(24(28)33)30-38-23/h6-12,22H,5,13,27H2,1-4H3,(H2,28,33)(H,29,34)/t22-/m1/s1. The van der Waals surface area contributed by atoms with E-state index in [1.165, 1.54) is 12.0 Å². The number of carbonyl (C=O) groups is 4. The van der Waals surface area contributed by atoms with E-state index in [-0.39, 0.29) is 22.9 Å². The fourth-order valence-electron chi connectivity index (χ4n) is 3.67. The van der Waals surface area contributed by atoms with Crippen LogP contribution in [0.3, 0.4) is 0 Å². The zero-order valence-electron chi connectivity index (χ0n) is 21.4. The Morgan fingerprint density at radius 3 is 2.32 bits per heavy atom. The number of nitrogens with zero attached hydrogens (tertiary/aromatic N) is 2. The first kappa shape index (κ1) is 28.1. The van der Waals surface area contributed by atoms with Gasteiger partial charge in [-0.2, -0.15) is 4.37 Å². The smallest absolute Gasteiger partial charge is 0.325 e. The van der Waals surface area contributed by atoms with Crippen LogP contribution in [0.4, 0.5) is 11.4 Å². The van der Waals surface area contributed by atoms with Crippen LogP contribution in [0.1, 0.15) is 49.8 Å². The largest absolute Gasteiger partial charge is 0.497 e. The molecule has 0 saturated heterocycles. The lowest BCUT2D eigenvalue weighted by molar-refractivity contribution is -0.143. The zero-order valence-corrected chi connectivity index (χ0v) is 22.3. The van der Waals surface area contributed by atoms with Crippen LogP contribution in [0, 0.1) is 13.8 Å². The van der Waals surface area contributed by atoms with E-state index in [1.807, 2.05) is 19.9 Å². The summed E-state index contributed by atoms with van der Waals surface area (Å²) in [5, 5.41) is 2.56. The van der Waals surface area contributed by atoms with Crippen LogP contribution in [-0.4, -0.2) is 48.3 Å². The summed E-state index contributed by atoms with van der Waals surface area (Å²) in [6.45, 7) is 5.19. The second-order valence-corrected chi connectivity index (χ2v) is 9.05. The maximum absolute atomic E-state index is 14.0. The summed E-state index contributed by atoms with van der Waals surface area (Å²) < 4.78 is 14.1. The van der Waals surface area contributed by atoms with Crippen LogP contribution < -0.4 is 26.4 Å². The van der Waals surface area contributed by atoms with Crippen molar-refractivity contribution in [1.29, 1.82) is 0 Å². The van der Waals surface area contributed by atoms with Gasteiger partial charge < -0.3 is 26.3 Å². The highest BCUT2D eigenvalue weighted by atomic mass is 32.1. The fourth-order valence-corrected chi connectivity index (χ4v) is 4.41. The molecule has 38 heavy (non-hydrogen) atoms. The van der Waals surface area contributed by atoms with E-state index in [4.69, 9.17) is 20.9 Å². The molecule has 1 atom stereocenters. The molecule has 0 spiro atoms. The van der Waals surface area contributed by atoms with Crippen molar-refractivity contribution >= 4 is 46.6 Å². The van der Waals surface area contributed by atoms with Gasteiger partial charge in [0.1, 0.15) is 23.2 Å². The van der Waals surface area contributed by atoms with Crippen molar-refractivity contribution in [2.45, 2.75) is 26.8 Å². The number of esters is 1. The van der Waals surface area contributed by atoms with Gasteiger partial charge >= 0.3 is 5.97 Å². The Bertz CT molecular complexity index is 1350. The third-order valence-corrected chi connectivity index (χ3v) is 6.64. The summed E-state index contributed by atoms with van der Waals surface area (Å²) in [6, 6.07) is 10.6. The lowest BCUT2D eigenvalue weighted by Crippen LogP contribution is -2.45. The van der Waals surface area contributed by atoms with Gasteiger partial charge in [0.15, 0.2) is 5.69 Å². The van der Waals surface area contributed by atoms with Crippen molar-refractivity contribution in [3.05, 3.63) is 69.7 Å². The van der Waals surface area contributed by atoms with Gasteiger partial charge in [0, 0.05) is 5.69 Å². The van der Waals surface area contributed by atoms with Crippen molar-refractivity contribution < 1.29 is 28.7 Å². The highest BCUT2D eigenvalue weighted by molar-refractivity contribution is 7.09. The highest BCUT2D eigenvalue weighted by Gasteiger charge is 2.36. The molecule has 12 heteroatoms. The molecule has 200 valence electrons. The zero-order chi connectivity index (χ0) is 28.0. The molecule has 2 aromatic carbocycles. The number of primary amides is 1. The van der Waals surface area contributed by atoms with E-state index in [1.54, 1.807) is 43.3 Å². The van der Waals surface area contributed by atoms with Crippen molar-refractivity contribution in [3.63, 3.8) is 0 Å². The van der Waals surface area contributed by atoms with E-state index in [0.29, 0.717) is 28.5 Å². The molecular weight excluding hydrogens is 510 g/mol. The molecular formula is C26H29N5O6S. The Kier molecular flexibility index (Phi) is 9.02. The van der Waals surface area contributed by atoms with E-state index < -0.39 is 36.3 Å². The predicted molar refractivity (Wildman–Crippen MR) is 143 cm³/mol. The number of aromatic nitrogens is 1. The van der Waals surface area contributed by atoms with Crippen LogP contribution in [0.15, 0.2) is 42.5 Å². The minimum Gasteiger partial charge on any atom is -0.497 e. The number of nitrogen functional groups attached to an aromatic ring is 1. The van der Waals surface area contributed by atoms with Gasteiger partial charge in [-0.3, -0.25) is 24.1 Å². The Morgan fingerprint density at radius 2 is 1.76 bits per heavy atom. The molecule has 1 heterocycles. The topological polar surface area (TPSA) is 167 Å². The molecule has 5 N–H and O–H groups in total. The number of amides is 3. The van der Waals surface area contributed by atoms with Gasteiger partial charge in [0.2, 0.25) is 5.91 Å². The van der Waals surface area contributed by atoms with Crippen molar-refractivity contribution in [1.82, 2.24) is 9.69 Å². The predicted octanol–water partition coefficient (Wildman–Crippen LogP) is 2.52. The van der Waals surface area contributed by atoms with Crippen LogP contribution in [-0.2, 0) is 14.3 Å². The number of nitrogens with one attached hydrogen (secondary N) is 1. The monoisotopic (exact) mass is 539 g/mol. The maximum atomic E-state index is 14.0. The Balaban J connectivity index is 2.19. The quantitative estimate of drug-likeness (QED) is 0.330. The minimum atomic E-state index is -1.25. The summed E-state index contributed by atoms with van der Waals surface area (Å²) >= 11 is 0.705. The fraction of sp³-hybridized carbons (Fsp3) is 0.269. The average Bonchev–Trinajstić information content (AvgIpc) is 3.29. The molecule has 11 nitrogen and oxygen atoms in total. The van der Waals surface area contributed by atoms with Crippen LogP contribution >= 0.6 is 11.5 Å². The lowest BCUT2D eigenvalue weighted by Gasteiger charge is -2.31. The molecule has 0 aliphatic rings. The first-order chi connectivity index (χ1) is 18.1. The van der Waals surface area contributed by atoms with E-state index in [2.05, 4.69) is 9.69 Å². The summed E-state index contributed by atoms with van der Waals surface area (Å²) in [5.41, 5.74) is 13.7. The number of aryl methyl sites for hydroxylation is 2. The summed E-state index contributed by atoms with van der Waals surface area (Å²) in [6.07, 6.45) is 0. The number of hydrogen-bond acceptors (Lipinski definition) is 9. The van der Waals surface area contributed by atoms with Crippen molar-refractivity contribution in [2.75, 3.05) is 30.9 Å². The van der Waals surface area contributed by atoms with Crippen LogP contribution in [0.5, 0.6) is 5.75 Å². The minimum absolute atomic E-state index is 0.0614. The molecule has 0 fully saturated rings. The second-order valence-electron chi connectivity index (χ2n) is 8.28. The number of benzene rings is 2. The van der Waals surface area contributed by atoms with Crippen LogP contribution in [0.25, 0.3) is 0 Å². The molecule has 0 bridgehead atoms. The van der Waals surface area contributed by atoms with E-state index in [0.717, 1.165) is 11.1 Å². The number of carbonyl (C=O) groups excluding carboxylic acids is 4. The first-order valence-corrected chi connectivity index (χ1v) is 12.4. The molecule has 0 saturated carbocycles. The van der Waals surface area contributed by atoms with Gasteiger partial charge in [-0.1, -0.05) is 18.2 Å². The van der Waals surface area contributed by atoms with E-state index >= 15 is 0 Å². The normalized spacial score (nSPS) is 11.4. The lowest BCUT2D eigenvalue weighted by atomic mass is 10.0. The van der Waals surface area contributed by atoms with Crippen molar-refractivity contribution in [2.24, 2.45) is 5.73 Å². The average molecular weight is 540 g/mol. The number of methoxy groups -OCH3 is 1. The molecule has 3 amide bonds. The van der Waals surface area contributed by atoms with Gasteiger partial charge in [-0.25, -0.2) is 0 Å². The molecule has 0 unspecified atom stereocenters. The molecule has 3 aromatic rings. The Labute approximate surface area is 223 Å². The number of nitrogens with two attached hydrogens (primary N) is 2. The summed E-state index contributed by atoms with van der Waals surface area (Å²) in [7, 11) is 1.51. The van der Waals surface area contributed by atoms with E-state index in [9.17, 15) is 19.2 Å². The van der Waals surface area contributed by atoms with Gasteiger partial charge in [-0.05, 0) is 73.3 Å². The summed E-state index contributed by atoms with van der Waals surface area (Å²) in [4.78, 5) is 52.6. The van der Waals surface area contributed by atoms with Crippen molar-refractivity contribution in [3.8, 4) is 5.75 Å². The number of ether oxygens (including phenoxy) is 2. The Hall–Kier alpha value is -4.45. The molecule has 0 aliphatic heterocycles. The molecule has 0 radical (unpaired) electrons. The SMILES string of the molecule is CCOC(=O)CNC(=O)[C@@H](c1ccc(OC)cc1)N(C(=O)c1snc(C(N)=O)c1N)c1ccc(C)c(C)c1. The molecule has 0 aliphatic carbocycles. The number of anilines is 2. The Morgan fingerprint density at radius 1 is 1.08 bits per heavy atom. The first-order valence-electron chi connectivity index (χ1n) is 11.6. The van der Waals surface area contributed by atoms with Gasteiger partial charge in [-0.15, -0.1) is 0 Å². The highest BCUT2D eigenvalue weighted by Crippen LogP contribution is 2.34. The van der Waals surface area contributed by atoms with Crippen LogP contribution in [0.2, 0.25) is 0 Å².